The molecule has 0 aliphatic carbocycles. The van der Waals surface area contributed by atoms with Gasteiger partial charge in [-0.1, -0.05) is 24.8 Å². The minimum atomic E-state index is -0.209. The van der Waals surface area contributed by atoms with Crippen LogP contribution in [0.3, 0.4) is 0 Å². The summed E-state index contributed by atoms with van der Waals surface area (Å²) in [6.07, 6.45) is 0. The molecule has 0 nitrogen and oxygen atoms in total. The lowest BCUT2D eigenvalue weighted by molar-refractivity contribution is 0.628. The fourth-order valence-electron chi connectivity index (χ4n) is 1.67. The lowest BCUT2D eigenvalue weighted by Crippen LogP contribution is -1.87. The van der Waals surface area contributed by atoms with Crippen molar-refractivity contribution in [3.8, 4) is 11.1 Å². The average molecular weight is 338 g/mol. The minimum absolute atomic E-state index is 0.209. The van der Waals surface area contributed by atoms with Gasteiger partial charge < -0.3 is 0 Å². The molecule has 0 fully saturated rings. The molecule has 0 heterocycles. The summed E-state index contributed by atoms with van der Waals surface area (Å²) in [5, 5.41) is 0. The molecule has 2 rings (SSSR count). The zero-order chi connectivity index (χ0) is 12.4. The van der Waals surface area contributed by atoms with E-state index in [1.807, 2.05) is 13.0 Å². The number of halogens is 2. The van der Waals surface area contributed by atoms with Gasteiger partial charge in [0.25, 0.3) is 0 Å². The first kappa shape index (κ1) is 12.3. The van der Waals surface area contributed by atoms with Crippen molar-refractivity contribution in [1.29, 1.82) is 0 Å². The molecule has 0 spiro atoms. The topological polar surface area (TPSA) is 0 Å². The molecule has 0 saturated heterocycles. The molecule has 0 aliphatic heterocycles. The molecule has 17 heavy (non-hydrogen) atoms. The highest BCUT2D eigenvalue weighted by Crippen LogP contribution is 2.27. The van der Waals surface area contributed by atoms with Crippen molar-refractivity contribution < 1.29 is 4.39 Å². The molecule has 2 aromatic rings. The standard InChI is InChI=1S/C15H12FI/c1-10(2)14-9-12(5-8-15(14)17)11-3-6-13(16)7-4-11/h3-9H,1H2,2H3. The van der Waals surface area contributed by atoms with E-state index < -0.39 is 0 Å². The second-order valence-corrected chi connectivity index (χ2v) is 5.14. The highest BCUT2D eigenvalue weighted by molar-refractivity contribution is 14.1. The first-order valence-electron chi connectivity index (χ1n) is 5.29. The van der Waals surface area contributed by atoms with E-state index in [1.165, 1.54) is 15.7 Å². The average Bonchev–Trinajstić information content (AvgIpc) is 2.30. The zero-order valence-corrected chi connectivity index (χ0v) is 11.7. The van der Waals surface area contributed by atoms with Gasteiger partial charge in [-0.3, -0.25) is 0 Å². The van der Waals surface area contributed by atoms with Gasteiger partial charge in [-0.25, -0.2) is 4.39 Å². The van der Waals surface area contributed by atoms with Crippen LogP contribution in [0, 0.1) is 9.39 Å². The van der Waals surface area contributed by atoms with Gasteiger partial charge in [-0.05, 0) is 76.0 Å². The van der Waals surface area contributed by atoms with E-state index in [-0.39, 0.29) is 5.82 Å². The fourth-order valence-corrected chi connectivity index (χ4v) is 2.47. The van der Waals surface area contributed by atoms with Gasteiger partial charge in [-0.15, -0.1) is 0 Å². The van der Waals surface area contributed by atoms with Crippen LogP contribution in [0.4, 0.5) is 4.39 Å². The molecule has 0 atom stereocenters. The monoisotopic (exact) mass is 338 g/mol. The molecule has 2 aromatic carbocycles. The Morgan fingerprint density at radius 1 is 1.06 bits per heavy atom. The number of benzene rings is 2. The van der Waals surface area contributed by atoms with Gasteiger partial charge in [0.2, 0.25) is 0 Å². The molecule has 0 radical (unpaired) electrons. The van der Waals surface area contributed by atoms with Crippen molar-refractivity contribution >= 4 is 28.2 Å². The van der Waals surface area contributed by atoms with Crippen LogP contribution >= 0.6 is 22.6 Å². The maximum absolute atomic E-state index is 12.9. The van der Waals surface area contributed by atoms with Crippen LogP contribution in [0.15, 0.2) is 49.0 Å². The minimum Gasteiger partial charge on any atom is -0.207 e. The fraction of sp³-hybridized carbons (Fsp3) is 0.0667. The molecular weight excluding hydrogens is 326 g/mol. The molecule has 0 amide bonds. The van der Waals surface area contributed by atoms with Gasteiger partial charge in [0.1, 0.15) is 5.82 Å². The maximum Gasteiger partial charge on any atom is 0.123 e. The third-order valence-corrected chi connectivity index (χ3v) is 3.54. The van der Waals surface area contributed by atoms with Crippen LogP contribution in [-0.4, -0.2) is 0 Å². The molecule has 0 unspecified atom stereocenters. The number of rotatable bonds is 2. The van der Waals surface area contributed by atoms with E-state index in [0.717, 1.165) is 22.3 Å². The van der Waals surface area contributed by atoms with E-state index in [9.17, 15) is 4.39 Å². The smallest absolute Gasteiger partial charge is 0.123 e. The molecule has 0 bridgehead atoms. The van der Waals surface area contributed by atoms with Gasteiger partial charge >= 0.3 is 0 Å². The summed E-state index contributed by atoms with van der Waals surface area (Å²) in [5.74, 6) is -0.209. The number of hydrogen-bond donors (Lipinski definition) is 0. The van der Waals surface area contributed by atoms with Crippen molar-refractivity contribution in [2.45, 2.75) is 6.92 Å². The Hall–Kier alpha value is -1.16. The van der Waals surface area contributed by atoms with Crippen molar-refractivity contribution in [1.82, 2.24) is 0 Å². The summed E-state index contributed by atoms with van der Waals surface area (Å²) in [5.41, 5.74) is 4.29. The Bertz CT molecular complexity index is 556. The molecule has 0 aromatic heterocycles. The molecule has 0 N–H and O–H groups in total. The molecule has 86 valence electrons. The summed E-state index contributed by atoms with van der Waals surface area (Å²) in [6.45, 7) is 5.96. The Balaban J connectivity index is 2.50. The quantitative estimate of drug-likeness (QED) is 0.666. The summed E-state index contributed by atoms with van der Waals surface area (Å²) in [4.78, 5) is 0. The van der Waals surface area contributed by atoms with E-state index in [2.05, 4.69) is 41.3 Å². The van der Waals surface area contributed by atoms with Gasteiger partial charge in [0, 0.05) is 3.57 Å². The Kier molecular flexibility index (Phi) is 3.62. The second-order valence-electron chi connectivity index (χ2n) is 3.98. The van der Waals surface area contributed by atoms with Gasteiger partial charge in [0.05, 0.1) is 0 Å². The van der Waals surface area contributed by atoms with E-state index in [4.69, 9.17) is 0 Å². The largest absolute Gasteiger partial charge is 0.207 e. The lowest BCUT2D eigenvalue weighted by Gasteiger charge is -2.08. The SMILES string of the molecule is C=C(C)c1cc(-c2ccc(F)cc2)ccc1I. The molecular formula is C15H12FI. The predicted molar refractivity (Wildman–Crippen MR) is 79.3 cm³/mol. The summed E-state index contributed by atoms with van der Waals surface area (Å²) < 4.78 is 14.0. The number of hydrogen-bond acceptors (Lipinski definition) is 0. The zero-order valence-electron chi connectivity index (χ0n) is 9.50. The Labute approximate surface area is 114 Å². The van der Waals surface area contributed by atoms with Crippen LogP contribution in [0.1, 0.15) is 12.5 Å². The highest BCUT2D eigenvalue weighted by atomic mass is 127. The third kappa shape index (κ3) is 2.75. The van der Waals surface area contributed by atoms with E-state index in [1.54, 1.807) is 12.1 Å². The molecule has 2 heteroatoms. The van der Waals surface area contributed by atoms with Crippen LogP contribution in [0.25, 0.3) is 16.7 Å². The number of allylic oxidation sites excluding steroid dienone is 1. The van der Waals surface area contributed by atoms with Crippen molar-refractivity contribution in [3.63, 3.8) is 0 Å². The second kappa shape index (κ2) is 5.00. The summed E-state index contributed by atoms with van der Waals surface area (Å²) in [6, 6.07) is 12.7. The molecule has 0 saturated carbocycles. The Morgan fingerprint density at radius 3 is 2.24 bits per heavy atom. The first-order chi connectivity index (χ1) is 8.08. The Morgan fingerprint density at radius 2 is 1.65 bits per heavy atom. The summed E-state index contributed by atoms with van der Waals surface area (Å²) >= 11 is 2.30. The van der Waals surface area contributed by atoms with Crippen molar-refractivity contribution in [2.24, 2.45) is 0 Å². The van der Waals surface area contributed by atoms with E-state index >= 15 is 0 Å². The van der Waals surface area contributed by atoms with Crippen LogP contribution < -0.4 is 0 Å². The highest BCUT2D eigenvalue weighted by Gasteiger charge is 2.04. The predicted octanol–water partition coefficient (Wildman–Crippen LogP) is 5.13. The normalized spacial score (nSPS) is 10.3. The van der Waals surface area contributed by atoms with E-state index in [0.29, 0.717) is 0 Å². The van der Waals surface area contributed by atoms with Crippen LogP contribution in [0.2, 0.25) is 0 Å². The van der Waals surface area contributed by atoms with Crippen molar-refractivity contribution in [2.75, 3.05) is 0 Å². The lowest BCUT2D eigenvalue weighted by atomic mass is 10.0. The van der Waals surface area contributed by atoms with Crippen molar-refractivity contribution in [3.05, 3.63) is 64.0 Å². The van der Waals surface area contributed by atoms with Gasteiger partial charge in [-0.2, -0.15) is 0 Å². The maximum atomic E-state index is 12.9. The summed E-state index contributed by atoms with van der Waals surface area (Å²) in [7, 11) is 0. The van der Waals surface area contributed by atoms with Crippen LogP contribution in [0.5, 0.6) is 0 Å². The molecule has 0 aliphatic rings. The van der Waals surface area contributed by atoms with Crippen LogP contribution in [-0.2, 0) is 0 Å². The first-order valence-corrected chi connectivity index (χ1v) is 6.37. The van der Waals surface area contributed by atoms with Gasteiger partial charge in [0.15, 0.2) is 0 Å². The third-order valence-electron chi connectivity index (χ3n) is 2.60.